The molecule has 0 amide bonds. The molecular weight excluding hydrogens is 491 g/mol. The summed E-state index contributed by atoms with van der Waals surface area (Å²) in [5.41, 5.74) is 3.62. The number of hydrogen-bond donors (Lipinski definition) is 0. The molecule has 0 radical (unpaired) electrons. The number of thioether (sulfide) groups is 1. The predicted molar refractivity (Wildman–Crippen MR) is 141 cm³/mol. The average molecular weight is 509 g/mol. The monoisotopic (exact) mass is 508 g/mol. The Morgan fingerprint density at radius 3 is 2.36 bits per heavy atom. The molecule has 0 aliphatic heterocycles. The average Bonchev–Trinajstić information content (AvgIpc) is 3.16. The van der Waals surface area contributed by atoms with Gasteiger partial charge in [0.1, 0.15) is 4.83 Å². The highest BCUT2D eigenvalue weighted by Crippen LogP contribution is 2.37. The van der Waals surface area contributed by atoms with Crippen molar-refractivity contribution in [3.8, 4) is 16.8 Å². The lowest BCUT2D eigenvalue weighted by Crippen LogP contribution is -2.21. The first-order chi connectivity index (χ1) is 16.0. The van der Waals surface area contributed by atoms with Crippen LogP contribution >= 0.6 is 46.3 Å². The summed E-state index contributed by atoms with van der Waals surface area (Å²) < 4.78 is 1.70. The molecule has 0 aliphatic rings. The van der Waals surface area contributed by atoms with E-state index in [1.54, 1.807) is 22.0 Å². The summed E-state index contributed by atoms with van der Waals surface area (Å²) in [4.78, 5) is 20.7. The number of thiophene rings is 1. The van der Waals surface area contributed by atoms with E-state index in [9.17, 15) is 4.79 Å². The van der Waals surface area contributed by atoms with Gasteiger partial charge in [-0.15, -0.1) is 11.3 Å². The summed E-state index contributed by atoms with van der Waals surface area (Å²) in [5, 5.41) is 2.48. The van der Waals surface area contributed by atoms with Gasteiger partial charge in [0.05, 0.1) is 11.1 Å². The highest BCUT2D eigenvalue weighted by Gasteiger charge is 2.21. The third-order valence-corrected chi connectivity index (χ3v) is 7.89. The normalized spacial score (nSPS) is 11.2. The van der Waals surface area contributed by atoms with Crippen LogP contribution in [-0.4, -0.2) is 9.55 Å². The lowest BCUT2D eigenvalue weighted by atomic mass is 10.0. The second kappa shape index (κ2) is 9.35. The third-order valence-electron chi connectivity index (χ3n) is 5.32. The first-order valence-electron chi connectivity index (χ1n) is 10.3. The maximum absolute atomic E-state index is 14.0. The van der Waals surface area contributed by atoms with Crippen molar-refractivity contribution in [2.24, 2.45) is 0 Å². The zero-order chi connectivity index (χ0) is 22.9. The molecule has 0 spiro atoms. The fourth-order valence-corrected chi connectivity index (χ4v) is 6.44. The van der Waals surface area contributed by atoms with E-state index in [1.165, 1.54) is 11.8 Å². The van der Waals surface area contributed by atoms with Crippen molar-refractivity contribution in [2.45, 2.75) is 17.8 Å². The number of benzene rings is 3. The molecule has 0 bridgehead atoms. The second-order valence-corrected chi connectivity index (χ2v) is 10.5. The number of halogens is 2. The molecule has 3 nitrogen and oxygen atoms in total. The summed E-state index contributed by atoms with van der Waals surface area (Å²) in [6, 6.07) is 25.1. The highest BCUT2D eigenvalue weighted by atomic mass is 35.5. The van der Waals surface area contributed by atoms with Crippen molar-refractivity contribution in [3.63, 3.8) is 0 Å². The van der Waals surface area contributed by atoms with Gasteiger partial charge in [-0.05, 0) is 42.3 Å². The largest absolute Gasteiger partial charge is 0.268 e. The van der Waals surface area contributed by atoms with E-state index in [-0.39, 0.29) is 5.56 Å². The van der Waals surface area contributed by atoms with E-state index < -0.39 is 0 Å². The topological polar surface area (TPSA) is 34.9 Å². The smallest absolute Gasteiger partial charge is 0.268 e. The van der Waals surface area contributed by atoms with Crippen molar-refractivity contribution in [2.75, 3.05) is 0 Å². The van der Waals surface area contributed by atoms with Gasteiger partial charge in [0.15, 0.2) is 5.16 Å². The zero-order valence-electron chi connectivity index (χ0n) is 17.6. The minimum atomic E-state index is -0.0703. The fraction of sp³-hybridized carbons (Fsp3) is 0.0769. The van der Waals surface area contributed by atoms with E-state index in [4.69, 9.17) is 28.2 Å². The Kier molecular flexibility index (Phi) is 6.30. The number of nitrogens with zero attached hydrogens (tertiary/aromatic N) is 2. The Bertz CT molecular complexity index is 1510. The molecule has 5 rings (SSSR count). The molecule has 33 heavy (non-hydrogen) atoms. The maximum Gasteiger partial charge on any atom is 0.268 e. The van der Waals surface area contributed by atoms with E-state index in [0.29, 0.717) is 26.3 Å². The van der Waals surface area contributed by atoms with Crippen LogP contribution < -0.4 is 5.56 Å². The molecule has 0 fully saturated rings. The lowest BCUT2D eigenvalue weighted by molar-refractivity contribution is 0.822. The molecule has 0 atom stereocenters. The van der Waals surface area contributed by atoms with Crippen LogP contribution in [0.3, 0.4) is 0 Å². The number of rotatable bonds is 5. The van der Waals surface area contributed by atoms with Crippen LogP contribution in [0.4, 0.5) is 0 Å². The zero-order valence-corrected chi connectivity index (χ0v) is 20.7. The summed E-state index contributed by atoms with van der Waals surface area (Å²) in [7, 11) is 0. The molecule has 7 heteroatoms. The van der Waals surface area contributed by atoms with E-state index in [2.05, 4.69) is 0 Å². The molecule has 164 valence electrons. The molecule has 3 aromatic carbocycles. The number of fused-ring (bicyclic) bond motifs is 1. The minimum Gasteiger partial charge on any atom is -0.268 e. The van der Waals surface area contributed by atoms with E-state index >= 15 is 0 Å². The first-order valence-corrected chi connectivity index (χ1v) is 12.8. The Hall–Kier alpha value is -2.57. The summed E-state index contributed by atoms with van der Waals surface area (Å²) in [6.45, 7) is 2.04. The predicted octanol–water partition coefficient (Wildman–Crippen LogP) is 8.02. The molecule has 2 heterocycles. The molecule has 5 aromatic rings. The highest BCUT2D eigenvalue weighted by molar-refractivity contribution is 7.98. The van der Waals surface area contributed by atoms with Gasteiger partial charge in [-0.3, -0.25) is 9.36 Å². The summed E-state index contributed by atoms with van der Waals surface area (Å²) >= 11 is 15.5. The van der Waals surface area contributed by atoms with Crippen LogP contribution in [0.25, 0.3) is 27.0 Å². The van der Waals surface area contributed by atoms with Crippen molar-refractivity contribution >= 4 is 56.5 Å². The van der Waals surface area contributed by atoms with Crippen LogP contribution in [-0.2, 0) is 5.75 Å². The Labute approximate surface area is 209 Å². The van der Waals surface area contributed by atoms with Crippen molar-refractivity contribution in [1.82, 2.24) is 9.55 Å². The molecular formula is C26H18Cl2N2OS2. The maximum atomic E-state index is 14.0. The van der Waals surface area contributed by atoms with Crippen molar-refractivity contribution in [3.05, 3.63) is 110 Å². The van der Waals surface area contributed by atoms with Gasteiger partial charge in [0.25, 0.3) is 5.56 Å². The van der Waals surface area contributed by atoms with Gasteiger partial charge >= 0.3 is 0 Å². The molecule has 0 saturated carbocycles. The third kappa shape index (κ3) is 4.34. The van der Waals surface area contributed by atoms with E-state index in [0.717, 1.165) is 32.1 Å². The number of para-hydroxylation sites is 1. The number of aromatic nitrogens is 2. The molecule has 0 aliphatic carbocycles. The van der Waals surface area contributed by atoms with Crippen LogP contribution in [0.5, 0.6) is 0 Å². The fourth-order valence-electron chi connectivity index (χ4n) is 3.78. The standard InChI is InChI=1S/C26H18Cl2N2OS2/c1-16-22(17-8-4-2-5-9-17)23-24(33-16)29-26(30(25(23)31)20-10-6-3-7-11-20)32-15-18-12-13-19(27)14-21(18)28/h2-14H,15H2,1H3. The number of hydrogen-bond acceptors (Lipinski definition) is 4. The molecule has 0 unspecified atom stereocenters. The summed E-state index contributed by atoms with van der Waals surface area (Å²) in [6.07, 6.45) is 0. The van der Waals surface area contributed by atoms with Crippen LogP contribution in [0, 0.1) is 6.92 Å². The molecule has 2 aromatic heterocycles. The summed E-state index contributed by atoms with van der Waals surface area (Å²) in [5.74, 6) is 0.566. The van der Waals surface area contributed by atoms with Gasteiger partial charge in [0, 0.05) is 26.2 Å². The lowest BCUT2D eigenvalue weighted by Gasteiger charge is -2.13. The van der Waals surface area contributed by atoms with Gasteiger partial charge in [-0.2, -0.15) is 0 Å². The van der Waals surface area contributed by atoms with Crippen LogP contribution in [0.2, 0.25) is 10.0 Å². The van der Waals surface area contributed by atoms with Crippen LogP contribution in [0.15, 0.2) is 88.8 Å². The molecule has 0 saturated heterocycles. The van der Waals surface area contributed by atoms with Gasteiger partial charge in [-0.25, -0.2) is 4.98 Å². The van der Waals surface area contributed by atoms with Crippen LogP contribution in [0.1, 0.15) is 10.4 Å². The van der Waals surface area contributed by atoms with Crippen molar-refractivity contribution in [1.29, 1.82) is 0 Å². The quantitative estimate of drug-likeness (QED) is 0.178. The molecule has 0 N–H and O–H groups in total. The van der Waals surface area contributed by atoms with Crippen molar-refractivity contribution < 1.29 is 0 Å². The minimum absolute atomic E-state index is 0.0703. The Balaban J connectivity index is 1.70. The Morgan fingerprint density at radius 1 is 0.970 bits per heavy atom. The SMILES string of the molecule is Cc1sc2nc(SCc3ccc(Cl)cc3Cl)n(-c3ccccc3)c(=O)c2c1-c1ccccc1. The van der Waals surface area contributed by atoms with E-state index in [1.807, 2.05) is 79.7 Å². The van der Waals surface area contributed by atoms with Gasteiger partial charge in [-0.1, -0.05) is 89.6 Å². The number of aryl methyl sites for hydroxylation is 1. The Morgan fingerprint density at radius 2 is 1.67 bits per heavy atom. The second-order valence-electron chi connectivity index (χ2n) is 7.47. The first kappa shape index (κ1) is 22.2. The van der Waals surface area contributed by atoms with Gasteiger partial charge in [0.2, 0.25) is 0 Å². The van der Waals surface area contributed by atoms with Gasteiger partial charge < -0.3 is 0 Å².